The molecule has 0 unspecified atom stereocenters. The van der Waals surface area contributed by atoms with Gasteiger partial charge in [0, 0.05) is 18.7 Å². The second-order valence-corrected chi connectivity index (χ2v) is 12.6. The fraction of sp³-hybridized carbons (Fsp3) is 0.324. The highest BCUT2D eigenvalue weighted by molar-refractivity contribution is 5.95. The van der Waals surface area contributed by atoms with Crippen LogP contribution in [0.5, 0.6) is 0 Å². The van der Waals surface area contributed by atoms with Crippen molar-refractivity contribution in [2.75, 3.05) is 26.3 Å². The van der Waals surface area contributed by atoms with Crippen molar-refractivity contribution in [3.63, 3.8) is 0 Å². The van der Waals surface area contributed by atoms with E-state index in [4.69, 9.17) is 4.74 Å². The predicted molar refractivity (Wildman–Crippen MR) is 165 cm³/mol. The molecule has 1 amide bonds. The number of hydrogen-bond donors (Lipinski definition) is 0. The molecule has 3 heteroatoms. The van der Waals surface area contributed by atoms with Crippen molar-refractivity contribution in [2.24, 2.45) is 0 Å². The van der Waals surface area contributed by atoms with E-state index < -0.39 is 0 Å². The largest absolute Gasteiger partial charge is 0.378 e. The number of carbonyl (C=O) groups is 1. The lowest BCUT2D eigenvalue weighted by Crippen LogP contribution is -2.40. The average Bonchev–Trinajstić information content (AvgIpc) is 3.00. The van der Waals surface area contributed by atoms with Crippen LogP contribution in [0.1, 0.15) is 62.0 Å². The Morgan fingerprint density at radius 1 is 0.625 bits per heavy atom. The smallest absolute Gasteiger partial charge is 0.254 e. The molecule has 4 aromatic rings. The summed E-state index contributed by atoms with van der Waals surface area (Å²) in [7, 11) is 0. The molecular weight excluding hydrogens is 490 g/mol. The van der Waals surface area contributed by atoms with Gasteiger partial charge in [0.2, 0.25) is 0 Å². The second-order valence-electron chi connectivity index (χ2n) is 12.6. The molecule has 2 aliphatic rings. The molecule has 1 aliphatic carbocycles. The number of amides is 1. The number of fused-ring (bicyclic) bond motifs is 1. The zero-order chi connectivity index (χ0) is 27.9. The summed E-state index contributed by atoms with van der Waals surface area (Å²) in [4.78, 5) is 14.9. The Kier molecular flexibility index (Phi) is 6.88. The van der Waals surface area contributed by atoms with Crippen molar-refractivity contribution in [3.05, 3.63) is 108 Å². The summed E-state index contributed by atoms with van der Waals surface area (Å²) < 4.78 is 5.41. The van der Waals surface area contributed by atoms with E-state index in [1.165, 1.54) is 46.2 Å². The molecule has 0 spiro atoms. The Bertz CT molecular complexity index is 1530. The highest BCUT2D eigenvalue weighted by Gasteiger charge is 2.37. The first-order valence-electron chi connectivity index (χ1n) is 14.6. The molecule has 3 nitrogen and oxygen atoms in total. The lowest BCUT2D eigenvalue weighted by molar-refractivity contribution is 0.0303. The normalized spacial score (nSPS) is 17.8. The first-order valence-corrected chi connectivity index (χ1v) is 14.6. The van der Waals surface area contributed by atoms with Crippen LogP contribution in [-0.4, -0.2) is 37.1 Å². The quantitative estimate of drug-likeness (QED) is 0.265. The Hall–Kier alpha value is -3.69. The summed E-state index contributed by atoms with van der Waals surface area (Å²) in [5.41, 5.74) is 11.2. The predicted octanol–water partition coefficient (Wildman–Crippen LogP) is 8.51. The molecule has 1 heterocycles. The number of rotatable bonds is 4. The molecule has 0 radical (unpaired) electrons. The first-order chi connectivity index (χ1) is 19.2. The summed E-state index contributed by atoms with van der Waals surface area (Å²) in [5.74, 6) is 0.0783. The van der Waals surface area contributed by atoms with Crippen LogP contribution in [0.15, 0.2) is 91.0 Å². The highest BCUT2D eigenvalue weighted by Crippen LogP contribution is 2.47. The van der Waals surface area contributed by atoms with Crippen molar-refractivity contribution in [1.82, 2.24) is 4.90 Å². The minimum atomic E-state index is 0.0783. The lowest BCUT2D eigenvalue weighted by Gasteiger charge is -2.42. The van der Waals surface area contributed by atoms with Gasteiger partial charge in [-0.2, -0.15) is 0 Å². The maximum Gasteiger partial charge on any atom is 0.254 e. The van der Waals surface area contributed by atoms with E-state index in [-0.39, 0.29) is 16.7 Å². The van der Waals surface area contributed by atoms with Gasteiger partial charge in [-0.25, -0.2) is 0 Å². The van der Waals surface area contributed by atoms with Gasteiger partial charge in [-0.05, 0) is 86.4 Å². The standard InChI is InChI=1S/C37H39NO2/c1-36(2)18-19-37(3,4)34-25-30(15-17-33(34)36)32-24-29(14-16-31(32)27-8-6-5-7-9-27)26-10-12-28(13-11-26)35(39)38-20-22-40-23-21-38/h5-17,24-25H,18-23H2,1-4H3. The average molecular weight is 530 g/mol. The van der Waals surface area contributed by atoms with Crippen molar-refractivity contribution >= 4 is 5.91 Å². The van der Waals surface area contributed by atoms with E-state index in [1.54, 1.807) is 0 Å². The van der Waals surface area contributed by atoms with Crippen molar-refractivity contribution < 1.29 is 9.53 Å². The summed E-state index contributed by atoms with van der Waals surface area (Å²) >= 11 is 0. The van der Waals surface area contributed by atoms with Gasteiger partial charge in [-0.15, -0.1) is 0 Å². The van der Waals surface area contributed by atoms with E-state index in [2.05, 4.69) is 107 Å². The van der Waals surface area contributed by atoms with E-state index in [0.717, 1.165) is 16.7 Å². The maximum absolute atomic E-state index is 13.0. The third-order valence-electron chi connectivity index (χ3n) is 9.03. The molecule has 0 saturated carbocycles. The topological polar surface area (TPSA) is 29.5 Å². The molecule has 0 bridgehead atoms. The Labute approximate surface area is 238 Å². The third-order valence-corrected chi connectivity index (χ3v) is 9.03. The molecule has 1 aliphatic heterocycles. The SMILES string of the molecule is CC1(C)CCC(C)(C)c2cc(-c3cc(-c4ccc(C(=O)N5CCOCC5)cc4)ccc3-c3ccccc3)ccc21. The van der Waals surface area contributed by atoms with E-state index in [0.29, 0.717) is 26.3 Å². The van der Waals surface area contributed by atoms with Crippen LogP contribution in [0.2, 0.25) is 0 Å². The summed E-state index contributed by atoms with van der Waals surface area (Å²) in [6.07, 6.45) is 2.40. The van der Waals surface area contributed by atoms with Gasteiger partial charge in [0.25, 0.3) is 5.91 Å². The first kappa shape index (κ1) is 26.5. The Balaban J connectivity index is 1.42. The Morgan fingerprint density at radius 2 is 1.25 bits per heavy atom. The lowest BCUT2D eigenvalue weighted by atomic mass is 9.63. The van der Waals surface area contributed by atoms with E-state index in [9.17, 15) is 4.79 Å². The van der Waals surface area contributed by atoms with Crippen LogP contribution in [0.3, 0.4) is 0 Å². The zero-order valence-corrected chi connectivity index (χ0v) is 24.2. The van der Waals surface area contributed by atoms with E-state index in [1.807, 2.05) is 17.0 Å². The molecular formula is C37H39NO2. The molecule has 0 aromatic heterocycles. The van der Waals surface area contributed by atoms with Gasteiger partial charge in [0.05, 0.1) is 13.2 Å². The van der Waals surface area contributed by atoms with Crippen molar-refractivity contribution in [3.8, 4) is 33.4 Å². The van der Waals surface area contributed by atoms with E-state index >= 15 is 0 Å². The fourth-order valence-corrected chi connectivity index (χ4v) is 6.34. The minimum Gasteiger partial charge on any atom is -0.378 e. The molecule has 4 aromatic carbocycles. The number of carbonyl (C=O) groups excluding carboxylic acids is 1. The second kappa shape index (κ2) is 10.4. The highest BCUT2D eigenvalue weighted by atomic mass is 16.5. The van der Waals surface area contributed by atoms with Crippen LogP contribution >= 0.6 is 0 Å². The number of hydrogen-bond acceptors (Lipinski definition) is 2. The summed E-state index contributed by atoms with van der Waals surface area (Å²) in [5, 5.41) is 0. The van der Waals surface area contributed by atoms with Crippen LogP contribution < -0.4 is 0 Å². The van der Waals surface area contributed by atoms with Crippen LogP contribution in [0.4, 0.5) is 0 Å². The van der Waals surface area contributed by atoms with Crippen LogP contribution in [0.25, 0.3) is 33.4 Å². The fourth-order valence-electron chi connectivity index (χ4n) is 6.34. The molecule has 0 N–H and O–H groups in total. The molecule has 40 heavy (non-hydrogen) atoms. The van der Waals surface area contributed by atoms with Crippen molar-refractivity contribution in [1.29, 1.82) is 0 Å². The number of nitrogens with zero attached hydrogens (tertiary/aromatic N) is 1. The summed E-state index contributed by atoms with van der Waals surface area (Å²) in [6.45, 7) is 12.1. The third kappa shape index (κ3) is 4.99. The molecule has 1 fully saturated rings. The van der Waals surface area contributed by atoms with Crippen molar-refractivity contribution in [2.45, 2.75) is 51.4 Å². The van der Waals surface area contributed by atoms with Gasteiger partial charge in [0.1, 0.15) is 0 Å². The molecule has 204 valence electrons. The zero-order valence-electron chi connectivity index (χ0n) is 24.2. The molecule has 0 atom stereocenters. The number of morpholine rings is 1. The minimum absolute atomic E-state index is 0.0783. The molecule has 6 rings (SSSR count). The number of benzene rings is 4. The van der Waals surface area contributed by atoms with Gasteiger partial charge in [0.15, 0.2) is 0 Å². The van der Waals surface area contributed by atoms with Gasteiger partial charge >= 0.3 is 0 Å². The van der Waals surface area contributed by atoms with Gasteiger partial charge < -0.3 is 9.64 Å². The van der Waals surface area contributed by atoms with Gasteiger partial charge in [-0.3, -0.25) is 4.79 Å². The van der Waals surface area contributed by atoms with Crippen LogP contribution in [0, 0.1) is 0 Å². The monoisotopic (exact) mass is 529 g/mol. The maximum atomic E-state index is 13.0. The van der Waals surface area contributed by atoms with Crippen LogP contribution in [-0.2, 0) is 15.6 Å². The summed E-state index contributed by atoms with van der Waals surface area (Å²) in [6, 6.07) is 32.7. The number of ether oxygens (including phenoxy) is 1. The Morgan fingerprint density at radius 3 is 1.95 bits per heavy atom. The van der Waals surface area contributed by atoms with Gasteiger partial charge in [-0.1, -0.05) is 100 Å². The molecule has 1 saturated heterocycles.